The molecule has 1 heterocycles. The van der Waals surface area contributed by atoms with Crippen molar-refractivity contribution in [1.82, 2.24) is 15.5 Å². The number of rotatable bonds is 7. The van der Waals surface area contributed by atoms with E-state index >= 15 is 0 Å². The van der Waals surface area contributed by atoms with Crippen LogP contribution in [-0.4, -0.2) is 56.5 Å². The van der Waals surface area contributed by atoms with Gasteiger partial charge in [0, 0.05) is 19.1 Å². The number of urea groups is 1. The number of carbonyl (C=O) groups excluding carboxylic acids is 1. The van der Waals surface area contributed by atoms with E-state index < -0.39 is 0 Å². The van der Waals surface area contributed by atoms with Crippen molar-refractivity contribution < 1.29 is 19.0 Å². The fourth-order valence-corrected chi connectivity index (χ4v) is 4.25. The molecule has 1 atom stereocenters. The normalized spacial score (nSPS) is 14.8. The van der Waals surface area contributed by atoms with Crippen LogP contribution >= 0.6 is 12.2 Å². The number of hydrogen-bond donors (Lipinski definition) is 3. The molecular formula is C24H32N4O4S. The Bertz CT molecular complexity index is 998. The minimum absolute atomic E-state index is 0.206. The van der Waals surface area contributed by atoms with Crippen molar-refractivity contribution in [3.05, 3.63) is 47.5 Å². The van der Waals surface area contributed by atoms with E-state index in [0.29, 0.717) is 47.6 Å². The number of carbonyl (C=O) groups is 1. The van der Waals surface area contributed by atoms with E-state index in [1.165, 1.54) is 0 Å². The first-order valence-corrected chi connectivity index (χ1v) is 11.3. The van der Waals surface area contributed by atoms with E-state index in [0.717, 1.165) is 11.1 Å². The van der Waals surface area contributed by atoms with Crippen LogP contribution in [0.2, 0.25) is 0 Å². The Balaban J connectivity index is 1.91. The van der Waals surface area contributed by atoms with Crippen molar-refractivity contribution in [1.29, 1.82) is 0 Å². The molecule has 178 valence electrons. The third kappa shape index (κ3) is 5.78. The number of benzene rings is 2. The van der Waals surface area contributed by atoms with Gasteiger partial charge in [-0.1, -0.05) is 12.1 Å². The largest absolute Gasteiger partial charge is 0.495 e. The number of anilines is 1. The number of methoxy groups -OCH3 is 3. The second-order valence-electron chi connectivity index (χ2n) is 8.00. The predicted octanol–water partition coefficient (Wildman–Crippen LogP) is 3.72. The third-order valence-electron chi connectivity index (χ3n) is 5.49. The first-order chi connectivity index (χ1) is 15.9. The number of nitrogens with one attached hydrogen (secondary N) is 3. The van der Waals surface area contributed by atoms with Gasteiger partial charge in [0.15, 0.2) is 16.6 Å². The van der Waals surface area contributed by atoms with Gasteiger partial charge < -0.3 is 35.1 Å². The maximum absolute atomic E-state index is 13.4. The number of hydrogen-bond acceptors (Lipinski definition) is 5. The summed E-state index contributed by atoms with van der Waals surface area (Å²) in [4.78, 5) is 15.2. The van der Waals surface area contributed by atoms with Crippen LogP contribution in [0.15, 0.2) is 36.4 Å². The molecule has 0 aliphatic carbocycles. The lowest BCUT2D eigenvalue weighted by Gasteiger charge is -2.38. The van der Waals surface area contributed by atoms with Gasteiger partial charge in [-0.25, -0.2) is 4.79 Å². The molecule has 2 amide bonds. The SMILES string of the molecule is COc1ccccc1NC(=O)N1CCc2cc(OC)c(OC)cc2C1CNC(=S)NC(C)C. The molecule has 2 aromatic carbocycles. The molecule has 0 spiro atoms. The summed E-state index contributed by atoms with van der Waals surface area (Å²) >= 11 is 5.43. The Labute approximate surface area is 200 Å². The van der Waals surface area contributed by atoms with Gasteiger partial charge in [0.1, 0.15) is 5.75 Å². The zero-order valence-electron chi connectivity index (χ0n) is 19.7. The number of thiocarbonyl (C=S) groups is 1. The number of ether oxygens (including phenoxy) is 3. The van der Waals surface area contributed by atoms with Gasteiger partial charge in [0.05, 0.1) is 33.1 Å². The fourth-order valence-electron chi connectivity index (χ4n) is 3.93. The number of amides is 2. The summed E-state index contributed by atoms with van der Waals surface area (Å²) < 4.78 is 16.4. The average molecular weight is 473 g/mol. The average Bonchev–Trinajstić information content (AvgIpc) is 2.81. The molecule has 3 rings (SSSR count). The molecule has 0 bridgehead atoms. The minimum Gasteiger partial charge on any atom is -0.495 e. The van der Waals surface area contributed by atoms with Crippen molar-refractivity contribution in [3.63, 3.8) is 0 Å². The Morgan fingerprint density at radius 2 is 1.76 bits per heavy atom. The van der Waals surface area contributed by atoms with Crippen LogP contribution in [0, 0.1) is 0 Å². The van der Waals surface area contributed by atoms with E-state index in [4.69, 9.17) is 26.4 Å². The zero-order valence-corrected chi connectivity index (χ0v) is 20.5. The van der Waals surface area contributed by atoms with Gasteiger partial charge in [0.2, 0.25) is 0 Å². The first-order valence-electron chi connectivity index (χ1n) is 10.9. The molecule has 8 nitrogen and oxygen atoms in total. The monoisotopic (exact) mass is 472 g/mol. The molecule has 0 fully saturated rings. The van der Waals surface area contributed by atoms with Gasteiger partial charge in [-0.05, 0) is 67.9 Å². The van der Waals surface area contributed by atoms with Crippen molar-refractivity contribution in [2.24, 2.45) is 0 Å². The summed E-state index contributed by atoms with van der Waals surface area (Å²) in [7, 11) is 4.81. The lowest BCUT2D eigenvalue weighted by molar-refractivity contribution is 0.182. The predicted molar refractivity (Wildman–Crippen MR) is 134 cm³/mol. The highest BCUT2D eigenvalue weighted by molar-refractivity contribution is 7.80. The topological polar surface area (TPSA) is 84.1 Å². The number of para-hydroxylation sites is 2. The molecule has 3 N–H and O–H groups in total. The lowest BCUT2D eigenvalue weighted by Crippen LogP contribution is -2.48. The Morgan fingerprint density at radius 1 is 1.09 bits per heavy atom. The number of fused-ring (bicyclic) bond motifs is 1. The fraction of sp³-hybridized carbons (Fsp3) is 0.417. The Hall–Kier alpha value is -3.20. The summed E-state index contributed by atoms with van der Waals surface area (Å²) in [6, 6.07) is 11.0. The van der Waals surface area contributed by atoms with Gasteiger partial charge in [-0.3, -0.25) is 0 Å². The molecular weight excluding hydrogens is 440 g/mol. The summed E-state index contributed by atoms with van der Waals surface area (Å²) in [5, 5.41) is 9.99. The van der Waals surface area contributed by atoms with E-state index in [1.807, 2.05) is 55.1 Å². The lowest BCUT2D eigenvalue weighted by atomic mass is 9.92. The van der Waals surface area contributed by atoms with Gasteiger partial charge in [0.25, 0.3) is 0 Å². The Kier molecular flexibility index (Phi) is 8.21. The highest BCUT2D eigenvalue weighted by atomic mass is 32.1. The van der Waals surface area contributed by atoms with E-state index in [9.17, 15) is 4.79 Å². The molecule has 1 aliphatic heterocycles. The summed E-state index contributed by atoms with van der Waals surface area (Å²) in [5.41, 5.74) is 2.73. The quantitative estimate of drug-likeness (QED) is 0.530. The summed E-state index contributed by atoms with van der Waals surface area (Å²) in [5.74, 6) is 1.90. The molecule has 9 heteroatoms. The minimum atomic E-state index is -0.268. The second kappa shape index (κ2) is 11.1. The van der Waals surface area contributed by atoms with Crippen molar-refractivity contribution in [3.8, 4) is 17.2 Å². The van der Waals surface area contributed by atoms with Crippen LogP contribution in [0.4, 0.5) is 10.5 Å². The molecule has 0 radical (unpaired) electrons. The molecule has 0 aromatic heterocycles. The zero-order chi connectivity index (χ0) is 24.0. The third-order valence-corrected chi connectivity index (χ3v) is 5.75. The van der Waals surface area contributed by atoms with Gasteiger partial charge in [-0.2, -0.15) is 0 Å². The summed E-state index contributed by atoms with van der Waals surface area (Å²) in [6.45, 7) is 5.03. The highest BCUT2D eigenvalue weighted by Crippen LogP contribution is 2.38. The van der Waals surface area contributed by atoms with E-state index in [-0.39, 0.29) is 18.1 Å². The first kappa shape index (κ1) is 24.4. The van der Waals surface area contributed by atoms with Crippen LogP contribution in [-0.2, 0) is 6.42 Å². The van der Waals surface area contributed by atoms with E-state index in [1.54, 1.807) is 21.3 Å². The molecule has 1 unspecified atom stereocenters. The van der Waals surface area contributed by atoms with Crippen LogP contribution in [0.5, 0.6) is 17.2 Å². The number of nitrogens with zero attached hydrogens (tertiary/aromatic N) is 1. The molecule has 0 saturated heterocycles. The van der Waals surface area contributed by atoms with Crippen LogP contribution in [0.1, 0.15) is 31.0 Å². The van der Waals surface area contributed by atoms with Gasteiger partial charge >= 0.3 is 6.03 Å². The van der Waals surface area contributed by atoms with Crippen LogP contribution < -0.4 is 30.2 Å². The van der Waals surface area contributed by atoms with Crippen molar-refractivity contribution >= 4 is 29.0 Å². The molecule has 33 heavy (non-hydrogen) atoms. The van der Waals surface area contributed by atoms with Crippen molar-refractivity contribution in [2.45, 2.75) is 32.4 Å². The van der Waals surface area contributed by atoms with E-state index in [2.05, 4.69) is 16.0 Å². The molecule has 1 aliphatic rings. The molecule has 0 saturated carbocycles. The smallest absolute Gasteiger partial charge is 0.322 e. The standard InChI is InChI=1S/C24H32N4O4S/c1-15(2)26-23(33)25-14-19-17-13-22(32-5)21(31-4)12-16(17)10-11-28(19)24(29)27-18-8-6-7-9-20(18)30-3/h6-9,12-13,15,19H,10-11,14H2,1-5H3,(H,27,29)(H2,25,26,33). The molecule has 2 aromatic rings. The van der Waals surface area contributed by atoms with Crippen LogP contribution in [0.3, 0.4) is 0 Å². The maximum atomic E-state index is 13.4. The van der Waals surface area contributed by atoms with Crippen molar-refractivity contribution in [2.75, 3.05) is 39.7 Å². The second-order valence-corrected chi connectivity index (χ2v) is 8.41. The highest BCUT2D eigenvalue weighted by Gasteiger charge is 2.32. The maximum Gasteiger partial charge on any atom is 0.322 e. The Morgan fingerprint density at radius 3 is 2.42 bits per heavy atom. The summed E-state index contributed by atoms with van der Waals surface area (Å²) in [6.07, 6.45) is 0.695. The van der Waals surface area contributed by atoms with Crippen LogP contribution in [0.25, 0.3) is 0 Å². The van der Waals surface area contributed by atoms with Gasteiger partial charge in [-0.15, -0.1) is 0 Å².